The molecule has 1 fully saturated rings. The van der Waals surface area contributed by atoms with Crippen molar-refractivity contribution in [2.45, 2.75) is 71.4 Å². The van der Waals surface area contributed by atoms with Crippen LogP contribution in [-0.2, 0) is 9.53 Å². The van der Waals surface area contributed by atoms with Crippen molar-refractivity contribution in [1.82, 2.24) is 10.2 Å². The van der Waals surface area contributed by atoms with Gasteiger partial charge in [0.2, 0.25) is 0 Å². The lowest BCUT2D eigenvalue weighted by atomic mass is 9.86. The van der Waals surface area contributed by atoms with Crippen LogP contribution in [0.3, 0.4) is 0 Å². The zero-order valence-electron chi connectivity index (χ0n) is 17.9. The lowest BCUT2D eigenvalue weighted by Gasteiger charge is -2.30. The number of carbonyl (C=O) groups excluding carboxylic acids is 4. The van der Waals surface area contributed by atoms with Gasteiger partial charge < -0.3 is 10.1 Å². The van der Waals surface area contributed by atoms with E-state index in [1.54, 1.807) is 0 Å². The summed E-state index contributed by atoms with van der Waals surface area (Å²) in [6.07, 6.45) is 4.92. The summed E-state index contributed by atoms with van der Waals surface area (Å²) in [4.78, 5) is 51.2. The van der Waals surface area contributed by atoms with Crippen LogP contribution >= 0.6 is 0 Å². The molecule has 1 aromatic carbocycles. The molecule has 3 atom stereocenters. The van der Waals surface area contributed by atoms with Gasteiger partial charge in [0.25, 0.3) is 17.7 Å². The molecule has 0 spiro atoms. The Balaban J connectivity index is 1.64. The zero-order valence-corrected chi connectivity index (χ0v) is 17.9. The van der Waals surface area contributed by atoms with E-state index in [1.165, 1.54) is 36.4 Å². The van der Waals surface area contributed by atoms with Crippen LogP contribution in [-0.4, -0.2) is 47.3 Å². The van der Waals surface area contributed by atoms with Gasteiger partial charge >= 0.3 is 5.97 Å². The summed E-state index contributed by atoms with van der Waals surface area (Å²) in [6, 6.07) is 4.43. The SMILES string of the molecule is CCCCN1C(=O)c2ccc(C(=O)O[C@H](C)C(=O)N[C@@H]3CCCC[C@@H]3C)cc2C1=O. The summed E-state index contributed by atoms with van der Waals surface area (Å²) in [5.74, 6) is -1.33. The fourth-order valence-electron chi connectivity index (χ4n) is 4.05. The van der Waals surface area contributed by atoms with Gasteiger partial charge in [-0.2, -0.15) is 0 Å². The molecule has 3 amide bonds. The highest BCUT2D eigenvalue weighted by Crippen LogP contribution is 2.26. The molecule has 7 nitrogen and oxygen atoms in total. The quantitative estimate of drug-likeness (QED) is 0.546. The molecular formula is C23H30N2O5. The molecule has 0 radical (unpaired) electrons. The van der Waals surface area contributed by atoms with Crippen LogP contribution in [0.1, 0.15) is 90.4 Å². The molecular weight excluding hydrogens is 384 g/mol. The highest BCUT2D eigenvalue weighted by molar-refractivity contribution is 6.22. The third-order valence-corrected chi connectivity index (χ3v) is 6.03. The highest BCUT2D eigenvalue weighted by Gasteiger charge is 2.36. The average Bonchev–Trinajstić information content (AvgIpc) is 2.97. The van der Waals surface area contributed by atoms with Gasteiger partial charge in [0.1, 0.15) is 0 Å². The molecule has 0 unspecified atom stereocenters. The van der Waals surface area contributed by atoms with Gasteiger partial charge in [-0.25, -0.2) is 4.79 Å². The van der Waals surface area contributed by atoms with Gasteiger partial charge in [0, 0.05) is 12.6 Å². The molecule has 1 N–H and O–H groups in total. The second-order valence-electron chi connectivity index (χ2n) is 8.30. The maximum atomic E-state index is 12.6. The molecule has 1 aliphatic carbocycles. The number of rotatable bonds is 7. The van der Waals surface area contributed by atoms with E-state index in [2.05, 4.69) is 12.2 Å². The van der Waals surface area contributed by atoms with E-state index in [-0.39, 0.29) is 29.0 Å². The van der Waals surface area contributed by atoms with E-state index in [9.17, 15) is 19.2 Å². The monoisotopic (exact) mass is 414 g/mol. The number of hydrogen-bond donors (Lipinski definition) is 1. The number of fused-ring (bicyclic) bond motifs is 1. The van der Waals surface area contributed by atoms with E-state index in [0.29, 0.717) is 18.0 Å². The van der Waals surface area contributed by atoms with Gasteiger partial charge in [0.15, 0.2) is 6.10 Å². The lowest BCUT2D eigenvalue weighted by Crippen LogP contribution is -2.46. The number of nitrogens with one attached hydrogen (secondary N) is 1. The Kier molecular flexibility index (Phi) is 6.90. The number of benzene rings is 1. The minimum absolute atomic E-state index is 0.102. The molecule has 7 heteroatoms. The summed E-state index contributed by atoms with van der Waals surface area (Å²) in [5, 5.41) is 2.98. The Hall–Kier alpha value is -2.70. The fraction of sp³-hybridized carbons (Fsp3) is 0.565. The van der Waals surface area contributed by atoms with E-state index in [0.717, 1.165) is 32.1 Å². The number of amides is 3. The number of esters is 1. The van der Waals surface area contributed by atoms with E-state index < -0.39 is 18.0 Å². The summed E-state index contributed by atoms with van der Waals surface area (Å²) >= 11 is 0. The number of ether oxygens (including phenoxy) is 1. The number of nitrogens with zero attached hydrogens (tertiary/aromatic N) is 1. The maximum Gasteiger partial charge on any atom is 0.338 e. The van der Waals surface area contributed by atoms with Gasteiger partial charge in [-0.05, 0) is 50.3 Å². The van der Waals surface area contributed by atoms with Crippen LogP contribution in [0.5, 0.6) is 0 Å². The Morgan fingerprint density at radius 3 is 2.57 bits per heavy atom. The molecule has 0 bridgehead atoms. The highest BCUT2D eigenvalue weighted by atomic mass is 16.5. The first kappa shape index (κ1) is 22.0. The average molecular weight is 415 g/mol. The molecule has 1 aromatic rings. The van der Waals surface area contributed by atoms with E-state index >= 15 is 0 Å². The Morgan fingerprint density at radius 1 is 1.17 bits per heavy atom. The van der Waals surface area contributed by atoms with Gasteiger partial charge in [-0.1, -0.05) is 33.1 Å². The number of imide groups is 1. The third-order valence-electron chi connectivity index (χ3n) is 6.03. The molecule has 1 saturated carbocycles. The number of carbonyl (C=O) groups is 4. The van der Waals surface area contributed by atoms with Crippen molar-refractivity contribution in [2.75, 3.05) is 6.54 Å². The van der Waals surface area contributed by atoms with Crippen molar-refractivity contribution in [3.8, 4) is 0 Å². The van der Waals surface area contributed by atoms with Crippen molar-refractivity contribution in [2.24, 2.45) is 5.92 Å². The standard InChI is InChI=1S/C23H30N2O5/c1-4-5-12-25-21(27)17-11-10-16(13-18(17)22(25)28)23(29)30-15(3)20(26)24-19-9-7-6-8-14(19)2/h10-11,13-15,19H,4-9,12H2,1-3H3,(H,24,26)/t14-,15+,19+/m0/s1. The molecule has 162 valence electrons. The molecule has 30 heavy (non-hydrogen) atoms. The largest absolute Gasteiger partial charge is 0.449 e. The zero-order chi connectivity index (χ0) is 21.8. The third kappa shape index (κ3) is 4.55. The van der Waals surface area contributed by atoms with Gasteiger partial charge in [0.05, 0.1) is 16.7 Å². The fourth-order valence-corrected chi connectivity index (χ4v) is 4.05. The Bertz CT molecular complexity index is 850. The van der Waals surface area contributed by atoms with E-state index in [1.807, 2.05) is 6.92 Å². The van der Waals surface area contributed by atoms with Gasteiger partial charge in [-0.3, -0.25) is 19.3 Å². The van der Waals surface area contributed by atoms with Crippen LogP contribution in [0, 0.1) is 5.92 Å². The molecule has 3 rings (SSSR count). The molecule has 1 heterocycles. The first-order valence-corrected chi connectivity index (χ1v) is 10.8. The van der Waals surface area contributed by atoms with Crippen molar-refractivity contribution >= 4 is 23.7 Å². The Labute approximate surface area is 177 Å². The predicted octanol–water partition coefficient (Wildman–Crippen LogP) is 3.32. The second-order valence-corrected chi connectivity index (χ2v) is 8.30. The number of unbranched alkanes of at least 4 members (excludes halogenated alkanes) is 1. The second kappa shape index (κ2) is 9.41. The molecule has 2 aliphatic rings. The predicted molar refractivity (Wildman–Crippen MR) is 111 cm³/mol. The summed E-state index contributed by atoms with van der Waals surface area (Å²) < 4.78 is 5.33. The maximum absolute atomic E-state index is 12.6. The van der Waals surface area contributed by atoms with Crippen LogP contribution in [0.2, 0.25) is 0 Å². The smallest absolute Gasteiger partial charge is 0.338 e. The molecule has 0 saturated heterocycles. The molecule has 1 aliphatic heterocycles. The van der Waals surface area contributed by atoms with Crippen LogP contribution in [0.15, 0.2) is 18.2 Å². The Morgan fingerprint density at radius 2 is 1.87 bits per heavy atom. The summed E-state index contributed by atoms with van der Waals surface area (Å²) in [7, 11) is 0. The summed E-state index contributed by atoms with van der Waals surface area (Å²) in [6.45, 7) is 6.00. The van der Waals surface area contributed by atoms with Crippen molar-refractivity contribution in [3.63, 3.8) is 0 Å². The van der Waals surface area contributed by atoms with Crippen molar-refractivity contribution in [3.05, 3.63) is 34.9 Å². The van der Waals surface area contributed by atoms with Crippen LogP contribution in [0.4, 0.5) is 0 Å². The summed E-state index contributed by atoms with van der Waals surface area (Å²) in [5.41, 5.74) is 0.654. The molecule has 0 aromatic heterocycles. The minimum Gasteiger partial charge on any atom is -0.449 e. The number of hydrogen-bond acceptors (Lipinski definition) is 5. The first-order valence-electron chi connectivity index (χ1n) is 10.8. The van der Waals surface area contributed by atoms with Crippen molar-refractivity contribution in [1.29, 1.82) is 0 Å². The van der Waals surface area contributed by atoms with Gasteiger partial charge in [-0.15, -0.1) is 0 Å². The lowest BCUT2D eigenvalue weighted by molar-refractivity contribution is -0.130. The first-order chi connectivity index (χ1) is 14.3. The normalized spacial score (nSPS) is 21.9. The van der Waals surface area contributed by atoms with Crippen LogP contribution in [0.25, 0.3) is 0 Å². The van der Waals surface area contributed by atoms with Crippen LogP contribution < -0.4 is 5.32 Å². The topological polar surface area (TPSA) is 92.8 Å². The van der Waals surface area contributed by atoms with E-state index in [4.69, 9.17) is 4.74 Å². The van der Waals surface area contributed by atoms with Crippen molar-refractivity contribution < 1.29 is 23.9 Å². The minimum atomic E-state index is -0.946.